The van der Waals surface area contributed by atoms with E-state index < -0.39 is 18.0 Å². The Morgan fingerprint density at radius 2 is 2.00 bits per heavy atom. The van der Waals surface area contributed by atoms with Crippen molar-refractivity contribution in [2.75, 3.05) is 0 Å². The zero-order chi connectivity index (χ0) is 14.3. The average Bonchev–Trinajstić information content (AvgIpc) is 2.39. The van der Waals surface area contributed by atoms with E-state index in [4.69, 9.17) is 11.5 Å². The molecule has 0 spiro atoms. The molecule has 3 N–H and O–H groups in total. The van der Waals surface area contributed by atoms with E-state index >= 15 is 0 Å². The lowest BCUT2D eigenvalue weighted by Gasteiger charge is -2.28. The molecule has 0 saturated heterocycles. The van der Waals surface area contributed by atoms with Crippen LogP contribution in [-0.2, 0) is 4.79 Å². The highest BCUT2D eigenvalue weighted by Gasteiger charge is 2.23. The summed E-state index contributed by atoms with van der Waals surface area (Å²) in [7, 11) is 0. The Labute approximate surface area is 114 Å². The van der Waals surface area contributed by atoms with Gasteiger partial charge >= 0.3 is 12.0 Å². The van der Waals surface area contributed by atoms with Crippen molar-refractivity contribution in [2.24, 2.45) is 5.92 Å². The van der Waals surface area contributed by atoms with Gasteiger partial charge in [-0.25, -0.2) is 9.59 Å². The minimum atomic E-state index is -1.11. The molecule has 1 aliphatic rings. The number of carboxylic acid groups (broad SMARTS) is 1. The van der Waals surface area contributed by atoms with E-state index in [0.717, 1.165) is 31.6 Å². The van der Waals surface area contributed by atoms with Gasteiger partial charge < -0.3 is 15.7 Å². The number of carbonyl (C=O) groups is 2. The van der Waals surface area contributed by atoms with Gasteiger partial charge in [0.1, 0.15) is 6.04 Å². The lowest BCUT2D eigenvalue weighted by atomic mass is 9.85. The molecule has 1 rings (SSSR count). The van der Waals surface area contributed by atoms with E-state index in [1.807, 2.05) is 0 Å². The Balaban J connectivity index is 2.35. The fraction of sp³-hybridized carbons (Fsp3) is 0.714. The Morgan fingerprint density at radius 3 is 2.47 bits per heavy atom. The summed E-state index contributed by atoms with van der Waals surface area (Å²) < 4.78 is 0. The van der Waals surface area contributed by atoms with Gasteiger partial charge in [0.2, 0.25) is 0 Å². The number of carbonyl (C=O) groups excluding carboxylic acids is 1. The normalized spacial score (nSPS) is 24.0. The number of hydrogen-bond donors (Lipinski definition) is 3. The molecule has 1 atom stereocenters. The predicted molar refractivity (Wildman–Crippen MR) is 72.6 cm³/mol. The minimum absolute atomic E-state index is 0.00860. The van der Waals surface area contributed by atoms with E-state index in [2.05, 4.69) is 23.5 Å². The van der Waals surface area contributed by atoms with Gasteiger partial charge in [0.15, 0.2) is 0 Å². The van der Waals surface area contributed by atoms with Gasteiger partial charge in [0.25, 0.3) is 0 Å². The molecule has 0 aromatic rings. The first kappa shape index (κ1) is 15.4. The van der Waals surface area contributed by atoms with E-state index in [1.54, 1.807) is 0 Å². The molecule has 5 heteroatoms. The first-order valence-corrected chi connectivity index (χ1v) is 6.80. The molecule has 2 amide bonds. The second kappa shape index (κ2) is 7.67. The number of urea groups is 1. The number of hydrogen-bond acceptors (Lipinski definition) is 2. The molecule has 1 aliphatic carbocycles. The van der Waals surface area contributed by atoms with Crippen molar-refractivity contribution in [3.05, 3.63) is 0 Å². The van der Waals surface area contributed by atoms with Crippen LogP contribution < -0.4 is 10.6 Å². The molecule has 19 heavy (non-hydrogen) atoms. The predicted octanol–water partition coefficient (Wildman–Crippen LogP) is 1.73. The zero-order valence-electron chi connectivity index (χ0n) is 11.3. The summed E-state index contributed by atoms with van der Waals surface area (Å²) in [4.78, 5) is 22.6. The molecule has 1 unspecified atom stereocenters. The molecule has 0 bridgehead atoms. The van der Waals surface area contributed by atoms with Crippen LogP contribution in [0.25, 0.3) is 0 Å². The topological polar surface area (TPSA) is 78.4 Å². The lowest BCUT2D eigenvalue weighted by Crippen LogP contribution is -2.49. The quantitative estimate of drug-likeness (QED) is 0.663. The molecule has 0 aromatic heterocycles. The fourth-order valence-corrected chi connectivity index (χ4v) is 2.42. The van der Waals surface area contributed by atoms with E-state index in [9.17, 15) is 9.59 Å². The van der Waals surface area contributed by atoms with Crippen LogP contribution in [0.15, 0.2) is 0 Å². The largest absolute Gasteiger partial charge is 0.480 e. The molecule has 0 radical (unpaired) electrons. The van der Waals surface area contributed by atoms with Crippen molar-refractivity contribution >= 4 is 12.0 Å². The molecular formula is C14H22N2O3. The lowest BCUT2D eigenvalue weighted by molar-refractivity contribution is -0.139. The monoisotopic (exact) mass is 266 g/mol. The van der Waals surface area contributed by atoms with Gasteiger partial charge in [0.05, 0.1) is 0 Å². The summed E-state index contributed by atoms with van der Waals surface area (Å²) in [5.41, 5.74) is 0. The fourth-order valence-electron chi connectivity index (χ4n) is 2.42. The summed E-state index contributed by atoms with van der Waals surface area (Å²) in [6.07, 6.45) is 10.4. The summed E-state index contributed by atoms with van der Waals surface area (Å²) >= 11 is 0. The highest BCUT2D eigenvalue weighted by Crippen LogP contribution is 2.26. The van der Waals surface area contributed by atoms with E-state index in [0.29, 0.717) is 0 Å². The number of terminal acetylenes is 1. The SMILES string of the molecule is C#CCC(NC(=O)NC1CCC(CC)CC1)C(=O)O. The van der Waals surface area contributed by atoms with E-state index in [-0.39, 0.29) is 12.5 Å². The molecule has 5 nitrogen and oxygen atoms in total. The highest BCUT2D eigenvalue weighted by atomic mass is 16.4. The highest BCUT2D eigenvalue weighted by molar-refractivity contribution is 5.82. The van der Waals surface area contributed by atoms with Gasteiger partial charge in [-0.05, 0) is 31.6 Å². The van der Waals surface area contributed by atoms with Crippen LogP contribution in [0, 0.1) is 18.3 Å². The van der Waals surface area contributed by atoms with Crippen LogP contribution in [-0.4, -0.2) is 29.2 Å². The van der Waals surface area contributed by atoms with Crippen molar-refractivity contribution in [2.45, 2.75) is 57.5 Å². The summed E-state index contributed by atoms with van der Waals surface area (Å²) in [6, 6.07) is -1.32. The third kappa shape index (κ3) is 5.21. The van der Waals surface area contributed by atoms with Crippen LogP contribution in [0.4, 0.5) is 4.79 Å². The summed E-state index contributed by atoms with van der Waals surface area (Å²) in [6.45, 7) is 2.18. The van der Waals surface area contributed by atoms with Crippen molar-refractivity contribution in [1.82, 2.24) is 10.6 Å². The Hall–Kier alpha value is -1.70. The van der Waals surface area contributed by atoms with Gasteiger partial charge in [-0.3, -0.25) is 0 Å². The molecular weight excluding hydrogens is 244 g/mol. The molecule has 106 valence electrons. The molecule has 1 saturated carbocycles. The maximum Gasteiger partial charge on any atom is 0.327 e. The first-order valence-electron chi connectivity index (χ1n) is 6.80. The molecule has 0 aromatic carbocycles. The van der Waals surface area contributed by atoms with Crippen LogP contribution >= 0.6 is 0 Å². The van der Waals surface area contributed by atoms with Crippen molar-refractivity contribution < 1.29 is 14.7 Å². The maximum absolute atomic E-state index is 11.7. The first-order chi connectivity index (χ1) is 9.06. The van der Waals surface area contributed by atoms with Crippen LogP contribution in [0.5, 0.6) is 0 Å². The van der Waals surface area contributed by atoms with E-state index in [1.165, 1.54) is 6.42 Å². The molecule has 0 aliphatic heterocycles. The Kier molecular flexibility index (Phi) is 6.20. The van der Waals surface area contributed by atoms with Crippen molar-refractivity contribution in [1.29, 1.82) is 0 Å². The summed E-state index contributed by atoms with van der Waals surface area (Å²) in [5, 5.41) is 14.1. The third-order valence-corrected chi connectivity index (χ3v) is 3.68. The maximum atomic E-state index is 11.7. The van der Waals surface area contributed by atoms with Gasteiger partial charge in [-0.1, -0.05) is 13.3 Å². The van der Waals surface area contributed by atoms with Crippen LogP contribution in [0.3, 0.4) is 0 Å². The van der Waals surface area contributed by atoms with Crippen molar-refractivity contribution in [3.63, 3.8) is 0 Å². The molecule has 1 fully saturated rings. The standard InChI is InChI=1S/C14H22N2O3/c1-3-5-12(13(17)18)16-14(19)15-11-8-6-10(4-2)7-9-11/h1,10-12H,4-9H2,2H3,(H,17,18)(H2,15,16,19). The van der Waals surface area contributed by atoms with Gasteiger partial charge in [0, 0.05) is 12.5 Å². The number of rotatable bonds is 5. The molecule has 0 heterocycles. The van der Waals surface area contributed by atoms with Crippen LogP contribution in [0.1, 0.15) is 45.4 Å². The van der Waals surface area contributed by atoms with Gasteiger partial charge in [-0.2, -0.15) is 0 Å². The zero-order valence-corrected chi connectivity index (χ0v) is 11.3. The summed E-state index contributed by atoms with van der Waals surface area (Å²) in [5.74, 6) is 1.90. The van der Waals surface area contributed by atoms with Crippen LogP contribution in [0.2, 0.25) is 0 Å². The average molecular weight is 266 g/mol. The number of aliphatic carboxylic acids is 1. The number of carboxylic acids is 1. The number of amides is 2. The second-order valence-corrected chi connectivity index (χ2v) is 5.04. The van der Waals surface area contributed by atoms with Gasteiger partial charge in [-0.15, -0.1) is 12.3 Å². The third-order valence-electron chi connectivity index (χ3n) is 3.68. The smallest absolute Gasteiger partial charge is 0.327 e. The Bertz CT molecular complexity index is 354. The Morgan fingerprint density at radius 1 is 1.37 bits per heavy atom. The van der Waals surface area contributed by atoms with Crippen molar-refractivity contribution in [3.8, 4) is 12.3 Å². The number of nitrogens with one attached hydrogen (secondary N) is 2. The minimum Gasteiger partial charge on any atom is -0.480 e. The second-order valence-electron chi connectivity index (χ2n) is 5.04.